The third-order valence-electron chi connectivity index (χ3n) is 5.00. The predicted octanol–water partition coefficient (Wildman–Crippen LogP) is 4.50. The van der Waals surface area contributed by atoms with E-state index in [4.69, 9.17) is 9.47 Å². The highest BCUT2D eigenvalue weighted by molar-refractivity contribution is 5.67. The molecule has 0 radical (unpaired) electrons. The molecule has 6 nitrogen and oxygen atoms in total. The maximum atomic E-state index is 11.0. The largest absolute Gasteiger partial charge is 0.493 e. The Labute approximate surface area is 169 Å². The highest BCUT2D eigenvalue weighted by Gasteiger charge is 2.29. The molecule has 0 spiro atoms. The second kappa shape index (κ2) is 13.3. The summed E-state index contributed by atoms with van der Waals surface area (Å²) in [5.74, 6) is 1.92. The number of nitrogens with zero attached hydrogens (tertiary/aromatic N) is 1. The summed E-state index contributed by atoms with van der Waals surface area (Å²) < 4.78 is 15.7. The molecule has 1 saturated carbocycles. The summed E-state index contributed by atoms with van der Waals surface area (Å²) >= 11 is 0. The van der Waals surface area contributed by atoms with Crippen molar-refractivity contribution in [3.05, 3.63) is 24.3 Å². The molecule has 0 aromatic heterocycles. The summed E-state index contributed by atoms with van der Waals surface area (Å²) in [6.07, 6.45) is 5.58. The van der Waals surface area contributed by atoms with Gasteiger partial charge in [0, 0.05) is 19.0 Å². The number of benzene rings is 1. The number of hydrogen-bond acceptors (Lipinski definition) is 5. The summed E-state index contributed by atoms with van der Waals surface area (Å²) in [5, 5.41) is 9.25. The number of carbonyl (C=O) groups excluding carboxylic acids is 1. The van der Waals surface area contributed by atoms with Crippen molar-refractivity contribution >= 4 is 6.09 Å². The van der Waals surface area contributed by atoms with Crippen molar-refractivity contribution < 1.29 is 24.1 Å². The molecule has 1 aromatic carbocycles. The molecule has 1 N–H and O–H groups in total. The summed E-state index contributed by atoms with van der Waals surface area (Å²) in [5.41, 5.74) is 0. The average Bonchev–Trinajstić information content (AvgIpc) is 3.42. The Kier molecular flexibility index (Phi) is 11.4. The number of aliphatic hydroxyl groups is 1. The van der Waals surface area contributed by atoms with Crippen molar-refractivity contribution in [2.75, 3.05) is 27.3 Å². The molecule has 1 aliphatic heterocycles. The molecule has 2 atom stereocenters. The normalized spacial score (nSPS) is 19.6. The Balaban J connectivity index is 0.000000260. The molecule has 0 bridgehead atoms. The van der Waals surface area contributed by atoms with E-state index < -0.39 is 0 Å². The molecule has 1 aromatic rings. The van der Waals surface area contributed by atoms with Crippen LogP contribution in [0, 0.1) is 5.92 Å². The molecule has 1 heterocycles. The van der Waals surface area contributed by atoms with Crippen LogP contribution in [0.25, 0.3) is 0 Å². The summed E-state index contributed by atoms with van der Waals surface area (Å²) in [7, 11) is 3.05. The van der Waals surface area contributed by atoms with E-state index in [1.807, 2.05) is 38.1 Å². The molecular formula is C22H37NO5. The number of hydrogen-bond donors (Lipinski definition) is 1. The Morgan fingerprint density at radius 1 is 1.11 bits per heavy atom. The van der Waals surface area contributed by atoms with E-state index in [-0.39, 0.29) is 18.1 Å². The Hall–Kier alpha value is -1.95. The fraction of sp³-hybridized carbons (Fsp3) is 0.682. The van der Waals surface area contributed by atoms with Gasteiger partial charge in [-0.3, -0.25) is 0 Å². The minimum Gasteiger partial charge on any atom is -0.493 e. The fourth-order valence-corrected chi connectivity index (χ4v) is 3.38. The van der Waals surface area contributed by atoms with Crippen molar-refractivity contribution in [3.63, 3.8) is 0 Å². The topological polar surface area (TPSA) is 68.2 Å². The minimum absolute atomic E-state index is 0.212. The SMILES string of the molecule is CC.COC(=O)N1CCC(C(C)O)C1.COc1ccccc1OC1CCCC1. The first-order chi connectivity index (χ1) is 13.5. The lowest BCUT2D eigenvalue weighted by molar-refractivity contribution is 0.113. The van der Waals surface area contributed by atoms with Gasteiger partial charge in [0.1, 0.15) is 0 Å². The third-order valence-corrected chi connectivity index (χ3v) is 5.00. The summed E-state index contributed by atoms with van der Waals surface area (Å²) in [6.45, 7) is 7.07. The molecule has 2 unspecified atom stereocenters. The number of methoxy groups -OCH3 is 2. The lowest BCUT2D eigenvalue weighted by Gasteiger charge is -2.15. The van der Waals surface area contributed by atoms with Crippen LogP contribution in [0.4, 0.5) is 4.79 Å². The van der Waals surface area contributed by atoms with Crippen molar-refractivity contribution in [2.45, 2.75) is 65.1 Å². The number of ether oxygens (including phenoxy) is 3. The van der Waals surface area contributed by atoms with Gasteiger partial charge >= 0.3 is 6.09 Å². The van der Waals surface area contributed by atoms with Crippen LogP contribution in [0.5, 0.6) is 11.5 Å². The first-order valence-corrected chi connectivity index (χ1v) is 10.4. The van der Waals surface area contributed by atoms with Crippen LogP contribution >= 0.6 is 0 Å². The molecule has 6 heteroatoms. The maximum Gasteiger partial charge on any atom is 0.409 e. The first kappa shape index (κ1) is 24.1. The molecule has 1 aliphatic carbocycles. The van der Waals surface area contributed by atoms with E-state index in [1.165, 1.54) is 32.8 Å². The van der Waals surface area contributed by atoms with Gasteiger partial charge < -0.3 is 24.2 Å². The quantitative estimate of drug-likeness (QED) is 0.813. The molecule has 2 fully saturated rings. The molecule has 3 rings (SSSR count). The van der Waals surface area contributed by atoms with Crippen LogP contribution in [0.2, 0.25) is 0 Å². The average molecular weight is 396 g/mol. The van der Waals surface area contributed by atoms with Gasteiger partial charge in [-0.15, -0.1) is 0 Å². The maximum absolute atomic E-state index is 11.0. The zero-order valence-corrected chi connectivity index (χ0v) is 18.0. The minimum atomic E-state index is -0.334. The molecule has 1 amide bonds. The van der Waals surface area contributed by atoms with Crippen molar-refractivity contribution in [2.24, 2.45) is 5.92 Å². The monoisotopic (exact) mass is 395 g/mol. The number of rotatable bonds is 4. The van der Waals surface area contributed by atoms with Crippen LogP contribution in [0.1, 0.15) is 52.9 Å². The van der Waals surface area contributed by atoms with E-state index in [0.29, 0.717) is 19.2 Å². The molecular weight excluding hydrogens is 358 g/mol. The number of carbonyl (C=O) groups is 1. The van der Waals surface area contributed by atoms with Gasteiger partial charge in [0.15, 0.2) is 11.5 Å². The lowest BCUT2D eigenvalue weighted by atomic mass is 10.0. The van der Waals surface area contributed by atoms with E-state index in [2.05, 4.69) is 4.74 Å². The molecule has 1 saturated heterocycles. The highest BCUT2D eigenvalue weighted by Crippen LogP contribution is 2.30. The van der Waals surface area contributed by atoms with Crippen LogP contribution < -0.4 is 9.47 Å². The summed E-state index contributed by atoms with van der Waals surface area (Å²) in [6, 6.07) is 7.84. The van der Waals surface area contributed by atoms with Crippen LogP contribution in [-0.4, -0.2) is 55.6 Å². The number of para-hydroxylation sites is 2. The zero-order valence-electron chi connectivity index (χ0n) is 18.0. The van der Waals surface area contributed by atoms with Crippen LogP contribution in [0.15, 0.2) is 24.3 Å². The first-order valence-electron chi connectivity index (χ1n) is 10.4. The number of aliphatic hydroxyl groups excluding tert-OH is 1. The third kappa shape index (κ3) is 7.58. The van der Waals surface area contributed by atoms with Crippen LogP contribution in [0.3, 0.4) is 0 Å². The van der Waals surface area contributed by atoms with Gasteiger partial charge in [0.25, 0.3) is 0 Å². The van der Waals surface area contributed by atoms with Gasteiger partial charge in [-0.25, -0.2) is 4.79 Å². The predicted molar refractivity (Wildman–Crippen MR) is 111 cm³/mol. The fourth-order valence-electron chi connectivity index (χ4n) is 3.38. The van der Waals surface area contributed by atoms with Crippen molar-refractivity contribution in [1.29, 1.82) is 0 Å². The zero-order chi connectivity index (χ0) is 20.9. The van der Waals surface area contributed by atoms with E-state index in [1.54, 1.807) is 18.9 Å². The van der Waals surface area contributed by atoms with Gasteiger partial charge in [-0.05, 0) is 51.2 Å². The van der Waals surface area contributed by atoms with E-state index in [9.17, 15) is 9.90 Å². The molecule has 28 heavy (non-hydrogen) atoms. The number of likely N-dealkylation sites (tertiary alicyclic amines) is 1. The van der Waals surface area contributed by atoms with Crippen molar-refractivity contribution in [3.8, 4) is 11.5 Å². The second-order valence-corrected chi connectivity index (χ2v) is 6.88. The molecule has 160 valence electrons. The van der Waals surface area contributed by atoms with E-state index >= 15 is 0 Å². The van der Waals surface area contributed by atoms with Gasteiger partial charge in [0.2, 0.25) is 0 Å². The van der Waals surface area contributed by atoms with Gasteiger partial charge in [-0.1, -0.05) is 26.0 Å². The highest BCUT2D eigenvalue weighted by atomic mass is 16.5. The van der Waals surface area contributed by atoms with E-state index in [0.717, 1.165) is 17.9 Å². The smallest absolute Gasteiger partial charge is 0.409 e. The second-order valence-electron chi connectivity index (χ2n) is 6.88. The Bertz CT molecular complexity index is 558. The Morgan fingerprint density at radius 3 is 2.21 bits per heavy atom. The Morgan fingerprint density at radius 2 is 1.71 bits per heavy atom. The lowest BCUT2D eigenvalue weighted by Crippen LogP contribution is -2.30. The van der Waals surface area contributed by atoms with Crippen LogP contribution in [-0.2, 0) is 4.74 Å². The number of amides is 1. The van der Waals surface area contributed by atoms with Gasteiger partial charge in [-0.2, -0.15) is 0 Å². The van der Waals surface area contributed by atoms with Gasteiger partial charge in [0.05, 0.1) is 26.4 Å². The van der Waals surface area contributed by atoms with Crippen molar-refractivity contribution in [1.82, 2.24) is 4.90 Å². The standard InChI is InChI=1S/C12H16O2.C8H15NO3.C2H6/c1-13-11-8-4-5-9-12(11)14-10-6-2-3-7-10;1-6(10)7-3-4-9(5-7)8(11)12-2;1-2/h4-5,8-10H,2-3,6-7H2,1H3;6-7,10H,3-5H2,1-2H3;1-2H3. The molecule has 2 aliphatic rings. The summed E-state index contributed by atoms with van der Waals surface area (Å²) in [4.78, 5) is 12.6.